The number of alkyl carbamates (subject to hydrolysis) is 1. The molecule has 0 radical (unpaired) electrons. The summed E-state index contributed by atoms with van der Waals surface area (Å²) < 4.78 is 6.77. The Bertz CT molecular complexity index is 1240. The molecule has 38 heavy (non-hydrogen) atoms. The van der Waals surface area contributed by atoms with Gasteiger partial charge in [0, 0.05) is 22.7 Å². The monoisotopic (exact) mass is 628 g/mol. The zero-order valence-electron chi connectivity index (χ0n) is 22.6. The zero-order valence-corrected chi connectivity index (χ0v) is 24.8. The third-order valence-electron chi connectivity index (χ3n) is 8.37. The summed E-state index contributed by atoms with van der Waals surface area (Å²) in [5.74, 6) is 2.72. The molecular formula is C29H37IN6O2. The average molecular weight is 629 g/mol. The van der Waals surface area contributed by atoms with Crippen LogP contribution in [0, 0.1) is 45.0 Å². The number of hydrogen-bond donors (Lipinski definition) is 3. The van der Waals surface area contributed by atoms with E-state index in [2.05, 4.69) is 79.7 Å². The normalized spacial score (nSPS) is 27.5. The van der Waals surface area contributed by atoms with E-state index in [0.717, 1.165) is 19.4 Å². The van der Waals surface area contributed by atoms with Crippen molar-refractivity contribution < 1.29 is 9.53 Å². The predicted molar refractivity (Wildman–Crippen MR) is 156 cm³/mol. The molecular weight excluding hydrogens is 591 g/mol. The second-order valence-corrected chi connectivity index (χ2v) is 13.7. The van der Waals surface area contributed by atoms with Crippen LogP contribution in [-0.4, -0.2) is 34.2 Å². The minimum atomic E-state index is -0.497. The lowest BCUT2D eigenvalue weighted by Gasteiger charge is -2.60. The molecule has 1 heterocycles. The fourth-order valence-electron chi connectivity index (χ4n) is 7.08. The Morgan fingerprint density at radius 3 is 2.61 bits per heavy atom. The maximum absolute atomic E-state index is 12.5. The van der Waals surface area contributed by atoms with Crippen molar-refractivity contribution in [1.29, 1.82) is 5.26 Å². The Hall–Kier alpha value is -2.61. The molecule has 4 aliphatic carbocycles. The van der Waals surface area contributed by atoms with Crippen molar-refractivity contribution >= 4 is 40.5 Å². The summed E-state index contributed by atoms with van der Waals surface area (Å²) in [4.78, 5) is 21.6. The van der Waals surface area contributed by atoms with E-state index < -0.39 is 5.60 Å². The predicted octanol–water partition coefficient (Wildman–Crippen LogP) is 6.00. The third kappa shape index (κ3) is 6.00. The summed E-state index contributed by atoms with van der Waals surface area (Å²) in [5.41, 5.74) is 2.53. The maximum Gasteiger partial charge on any atom is 0.407 e. The van der Waals surface area contributed by atoms with Crippen molar-refractivity contribution in [3.63, 3.8) is 0 Å². The smallest absolute Gasteiger partial charge is 0.407 e. The first-order valence-corrected chi connectivity index (χ1v) is 14.6. The van der Waals surface area contributed by atoms with Gasteiger partial charge >= 0.3 is 6.09 Å². The van der Waals surface area contributed by atoms with Gasteiger partial charge < -0.3 is 20.7 Å². The first-order valence-electron chi connectivity index (χ1n) is 13.5. The van der Waals surface area contributed by atoms with E-state index in [0.29, 0.717) is 41.6 Å². The van der Waals surface area contributed by atoms with Crippen molar-refractivity contribution in [2.75, 3.05) is 17.2 Å². The number of hydrogen-bond acceptors (Lipinski definition) is 7. The fourth-order valence-corrected chi connectivity index (χ4v) is 7.72. The number of anilines is 2. The molecule has 3 N–H and O–H groups in total. The molecule has 9 heteroatoms. The van der Waals surface area contributed by atoms with Gasteiger partial charge in [-0.05, 0) is 129 Å². The molecule has 0 spiro atoms. The van der Waals surface area contributed by atoms with Gasteiger partial charge in [0.1, 0.15) is 23.1 Å². The molecule has 1 amide bonds. The zero-order chi connectivity index (χ0) is 27.1. The highest BCUT2D eigenvalue weighted by Crippen LogP contribution is 2.60. The van der Waals surface area contributed by atoms with Crippen LogP contribution in [0.3, 0.4) is 0 Å². The van der Waals surface area contributed by atoms with Crippen molar-refractivity contribution in [2.45, 2.75) is 78.0 Å². The van der Waals surface area contributed by atoms with E-state index in [9.17, 15) is 10.1 Å². The van der Waals surface area contributed by atoms with Crippen LogP contribution >= 0.6 is 22.6 Å². The molecule has 202 valence electrons. The second-order valence-electron chi connectivity index (χ2n) is 12.5. The average Bonchev–Trinajstić information content (AvgIpc) is 2.83. The number of rotatable bonds is 7. The van der Waals surface area contributed by atoms with E-state index in [-0.39, 0.29) is 17.6 Å². The highest BCUT2D eigenvalue weighted by atomic mass is 127. The molecule has 4 aliphatic rings. The lowest BCUT2D eigenvalue weighted by Crippen LogP contribution is -2.60. The van der Waals surface area contributed by atoms with Crippen LogP contribution in [0.25, 0.3) is 0 Å². The summed E-state index contributed by atoms with van der Waals surface area (Å²) in [7, 11) is 0. The molecule has 0 aliphatic heterocycles. The topological polar surface area (TPSA) is 112 Å². The van der Waals surface area contributed by atoms with Gasteiger partial charge in [0.05, 0.1) is 6.20 Å². The van der Waals surface area contributed by atoms with Gasteiger partial charge in [0.25, 0.3) is 0 Å². The van der Waals surface area contributed by atoms with Gasteiger partial charge in [-0.3, -0.25) is 0 Å². The van der Waals surface area contributed by atoms with Crippen molar-refractivity contribution in [3.05, 3.63) is 44.7 Å². The van der Waals surface area contributed by atoms with Crippen LogP contribution in [0.5, 0.6) is 0 Å². The van der Waals surface area contributed by atoms with Crippen LogP contribution in [0.2, 0.25) is 0 Å². The van der Waals surface area contributed by atoms with Gasteiger partial charge in [-0.2, -0.15) is 10.2 Å². The fraction of sp³-hybridized carbons (Fsp3) is 0.586. The van der Waals surface area contributed by atoms with Crippen LogP contribution in [0.4, 0.5) is 16.6 Å². The Morgan fingerprint density at radius 2 is 1.95 bits per heavy atom. The van der Waals surface area contributed by atoms with E-state index in [1.54, 1.807) is 6.20 Å². The second kappa shape index (κ2) is 10.5. The summed E-state index contributed by atoms with van der Waals surface area (Å²) in [5, 5.41) is 19.8. The highest BCUT2D eigenvalue weighted by Gasteiger charge is 2.55. The molecule has 4 fully saturated rings. The van der Waals surface area contributed by atoms with Gasteiger partial charge in [-0.15, -0.1) is 0 Å². The summed E-state index contributed by atoms with van der Waals surface area (Å²) >= 11 is 2.32. The summed E-state index contributed by atoms with van der Waals surface area (Å²) in [6.45, 7) is 9.20. The molecule has 2 unspecified atom stereocenters. The van der Waals surface area contributed by atoms with Crippen LogP contribution < -0.4 is 16.0 Å². The standard InChI is InChI=1S/C29H37IN6O2/c1-17-7-23(30)6-5-19(17)14-32-26-33-15-22(13-31)25(36-26)34-16-29-10-18-8-20(11-29)24(21(9-18)12-29)35-27(37)38-28(2,3)4/h5-7,15,18,20-21,24H,8-12,14,16H2,1-4H3,(H,35,37)(H2,32,33,34,36)/t18?,20-,21?,24-,29-/m0/s1. The van der Waals surface area contributed by atoms with Gasteiger partial charge in [0.2, 0.25) is 5.95 Å². The van der Waals surface area contributed by atoms with E-state index in [4.69, 9.17) is 4.74 Å². The SMILES string of the molecule is Cc1cc(I)ccc1CNc1ncc(C#N)c(NC[C@]23CC4CC(C2)[C@@H](NC(=O)OC(C)(C)C)[C@@H](C4)C3)n1. The molecule has 4 bridgehead atoms. The molecule has 0 saturated heterocycles. The number of halogens is 1. The number of aromatic nitrogens is 2. The van der Waals surface area contributed by atoms with Gasteiger partial charge in [-0.1, -0.05) is 6.07 Å². The van der Waals surface area contributed by atoms with Gasteiger partial charge in [-0.25, -0.2) is 9.78 Å². The molecule has 6 rings (SSSR count). The van der Waals surface area contributed by atoms with Crippen LogP contribution in [0.1, 0.15) is 69.6 Å². The lowest BCUT2D eigenvalue weighted by atomic mass is 9.48. The first kappa shape index (κ1) is 27.0. The number of nitrogens with one attached hydrogen (secondary N) is 3. The number of carbonyl (C=O) groups excluding carboxylic acids is 1. The molecule has 1 aromatic heterocycles. The molecule has 8 nitrogen and oxygen atoms in total. The highest BCUT2D eigenvalue weighted by molar-refractivity contribution is 14.1. The Labute approximate surface area is 238 Å². The number of aryl methyl sites for hydroxylation is 1. The number of carbonyl (C=O) groups is 1. The Kier molecular flexibility index (Phi) is 7.46. The summed E-state index contributed by atoms with van der Waals surface area (Å²) in [6.07, 6.45) is 6.95. The first-order chi connectivity index (χ1) is 18.0. The molecule has 5 atom stereocenters. The minimum Gasteiger partial charge on any atom is -0.444 e. The Morgan fingerprint density at radius 1 is 1.21 bits per heavy atom. The maximum atomic E-state index is 12.5. The van der Waals surface area contributed by atoms with Crippen molar-refractivity contribution in [2.24, 2.45) is 23.2 Å². The Balaban J connectivity index is 1.24. The molecule has 4 saturated carbocycles. The lowest BCUT2D eigenvalue weighted by molar-refractivity contribution is -0.0703. The number of benzene rings is 1. The quantitative estimate of drug-likeness (QED) is 0.323. The van der Waals surface area contributed by atoms with E-state index in [1.807, 2.05) is 20.8 Å². The largest absolute Gasteiger partial charge is 0.444 e. The van der Waals surface area contributed by atoms with Gasteiger partial charge in [0.15, 0.2) is 0 Å². The summed E-state index contributed by atoms with van der Waals surface area (Å²) in [6, 6.07) is 8.79. The molecule has 2 aromatic rings. The minimum absolute atomic E-state index is 0.159. The number of nitrogens with zero attached hydrogens (tertiary/aromatic N) is 3. The third-order valence-corrected chi connectivity index (χ3v) is 9.04. The van der Waals surface area contributed by atoms with E-state index in [1.165, 1.54) is 34.0 Å². The number of ether oxygens (including phenoxy) is 1. The van der Waals surface area contributed by atoms with Crippen molar-refractivity contribution in [3.8, 4) is 6.07 Å². The van der Waals surface area contributed by atoms with Crippen molar-refractivity contribution in [1.82, 2.24) is 15.3 Å². The van der Waals surface area contributed by atoms with Crippen LogP contribution in [-0.2, 0) is 11.3 Å². The number of nitriles is 1. The number of amides is 1. The van der Waals surface area contributed by atoms with E-state index >= 15 is 0 Å². The molecule has 1 aromatic carbocycles. The van der Waals surface area contributed by atoms with Crippen LogP contribution in [0.15, 0.2) is 24.4 Å².